The first kappa shape index (κ1) is 16.8. The molecule has 2 N–H and O–H groups in total. The number of aromatic amines is 1. The van der Waals surface area contributed by atoms with Crippen LogP contribution in [0.3, 0.4) is 0 Å². The fourth-order valence-corrected chi connectivity index (χ4v) is 2.50. The third-order valence-electron chi connectivity index (χ3n) is 3.69. The number of methoxy groups -OCH3 is 1. The number of nitrogens with zero attached hydrogens (tertiary/aromatic N) is 2. The molecule has 0 radical (unpaired) electrons. The summed E-state index contributed by atoms with van der Waals surface area (Å²) in [4.78, 5) is 4.17. The molecule has 0 amide bonds. The minimum absolute atomic E-state index is 0.0917. The van der Waals surface area contributed by atoms with Crippen molar-refractivity contribution >= 4 is 5.82 Å². The predicted octanol–water partition coefficient (Wildman–Crippen LogP) is 4.03. The summed E-state index contributed by atoms with van der Waals surface area (Å²) in [6, 6.07) is 7.99. The lowest BCUT2D eigenvalue weighted by Gasteiger charge is -2.22. The van der Waals surface area contributed by atoms with Gasteiger partial charge in [-0.25, -0.2) is 4.98 Å². The Morgan fingerprint density at radius 2 is 1.92 bits per heavy atom. The number of alkyl halides is 3. The standard InChI is InChI=1S/C17H15F3N4O/c1-25-12-6-7-15(21-10-12)24-16(11-8-22-23-9-11)13-4-2-3-5-14(13)17(18,19)20/h2-10,16H,1H3,(H,21,24)(H,22,23). The maximum atomic E-state index is 13.4. The molecule has 0 saturated heterocycles. The zero-order valence-corrected chi connectivity index (χ0v) is 13.2. The lowest BCUT2D eigenvalue weighted by molar-refractivity contribution is -0.138. The summed E-state index contributed by atoms with van der Waals surface area (Å²) in [5.74, 6) is 0.977. The smallest absolute Gasteiger partial charge is 0.416 e. The maximum absolute atomic E-state index is 13.4. The minimum atomic E-state index is -4.46. The average molecular weight is 348 g/mol. The zero-order valence-electron chi connectivity index (χ0n) is 13.2. The van der Waals surface area contributed by atoms with Gasteiger partial charge in [-0.05, 0) is 23.8 Å². The van der Waals surface area contributed by atoms with Crippen LogP contribution in [-0.2, 0) is 6.18 Å². The Labute approximate surface area is 141 Å². The van der Waals surface area contributed by atoms with E-state index in [2.05, 4.69) is 20.5 Å². The summed E-state index contributed by atoms with van der Waals surface area (Å²) < 4.78 is 45.3. The first-order chi connectivity index (χ1) is 12.0. The number of halogens is 3. The SMILES string of the molecule is COc1ccc(NC(c2cn[nH]c2)c2ccccc2C(F)(F)F)nc1. The summed E-state index contributed by atoms with van der Waals surface area (Å²) in [7, 11) is 1.51. The molecule has 3 aromatic rings. The lowest BCUT2D eigenvalue weighted by atomic mass is 9.96. The first-order valence-electron chi connectivity index (χ1n) is 7.40. The fraction of sp³-hybridized carbons (Fsp3) is 0.176. The van der Waals surface area contributed by atoms with Crippen molar-refractivity contribution in [3.8, 4) is 5.75 Å². The second-order valence-corrected chi connectivity index (χ2v) is 5.28. The van der Waals surface area contributed by atoms with Gasteiger partial charge in [0, 0.05) is 11.8 Å². The number of ether oxygens (including phenoxy) is 1. The van der Waals surface area contributed by atoms with Gasteiger partial charge in [0.1, 0.15) is 11.6 Å². The molecule has 3 rings (SSSR count). The van der Waals surface area contributed by atoms with Crippen LogP contribution in [0, 0.1) is 0 Å². The third-order valence-corrected chi connectivity index (χ3v) is 3.69. The molecular formula is C17H15F3N4O. The molecule has 1 atom stereocenters. The molecular weight excluding hydrogens is 333 g/mol. The molecule has 0 spiro atoms. The highest BCUT2D eigenvalue weighted by atomic mass is 19.4. The highest BCUT2D eigenvalue weighted by Gasteiger charge is 2.35. The highest BCUT2D eigenvalue weighted by Crippen LogP contribution is 2.37. The number of hydrogen-bond donors (Lipinski definition) is 2. The normalized spacial score (nSPS) is 12.6. The van der Waals surface area contributed by atoms with Crippen molar-refractivity contribution in [1.82, 2.24) is 15.2 Å². The van der Waals surface area contributed by atoms with Gasteiger partial charge in [0.2, 0.25) is 0 Å². The van der Waals surface area contributed by atoms with Gasteiger partial charge < -0.3 is 10.1 Å². The van der Waals surface area contributed by atoms with E-state index in [4.69, 9.17) is 4.74 Å². The van der Waals surface area contributed by atoms with Crippen LogP contribution in [0.25, 0.3) is 0 Å². The molecule has 0 aliphatic carbocycles. The Kier molecular flexibility index (Phi) is 4.60. The molecule has 0 aliphatic heterocycles. The largest absolute Gasteiger partial charge is 0.495 e. The number of pyridine rings is 1. The van der Waals surface area contributed by atoms with Crippen molar-refractivity contribution in [2.45, 2.75) is 12.2 Å². The summed E-state index contributed by atoms with van der Waals surface area (Å²) in [5, 5.41) is 9.51. The van der Waals surface area contributed by atoms with Crippen LogP contribution in [-0.4, -0.2) is 22.3 Å². The number of nitrogens with one attached hydrogen (secondary N) is 2. The molecule has 8 heteroatoms. The van der Waals surface area contributed by atoms with Gasteiger partial charge in [-0.15, -0.1) is 0 Å². The van der Waals surface area contributed by atoms with E-state index in [9.17, 15) is 13.2 Å². The van der Waals surface area contributed by atoms with Gasteiger partial charge >= 0.3 is 6.18 Å². The molecule has 0 bridgehead atoms. The Morgan fingerprint density at radius 1 is 1.12 bits per heavy atom. The van der Waals surface area contributed by atoms with Crippen LogP contribution in [0.4, 0.5) is 19.0 Å². The Morgan fingerprint density at radius 3 is 2.52 bits per heavy atom. The van der Waals surface area contributed by atoms with Crippen molar-refractivity contribution in [3.05, 3.63) is 71.7 Å². The van der Waals surface area contributed by atoms with E-state index in [0.29, 0.717) is 17.1 Å². The van der Waals surface area contributed by atoms with Crippen LogP contribution >= 0.6 is 0 Å². The second kappa shape index (κ2) is 6.84. The molecule has 2 heterocycles. The minimum Gasteiger partial charge on any atom is -0.495 e. The predicted molar refractivity (Wildman–Crippen MR) is 86.3 cm³/mol. The van der Waals surface area contributed by atoms with E-state index >= 15 is 0 Å². The van der Waals surface area contributed by atoms with Gasteiger partial charge in [-0.3, -0.25) is 5.10 Å². The summed E-state index contributed by atoms with van der Waals surface area (Å²) in [6.07, 6.45) is 0.0563. The molecule has 0 fully saturated rings. The van der Waals surface area contributed by atoms with E-state index in [0.717, 1.165) is 6.07 Å². The van der Waals surface area contributed by atoms with E-state index in [1.54, 1.807) is 24.4 Å². The number of anilines is 1. The van der Waals surface area contributed by atoms with E-state index in [1.165, 1.54) is 31.6 Å². The number of benzene rings is 1. The molecule has 1 aromatic carbocycles. The Balaban J connectivity index is 2.02. The van der Waals surface area contributed by atoms with Gasteiger partial charge in [0.25, 0.3) is 0 Å². The molecule has 130 valence electrons. The molecule has 1 unspecified atom stereocenters. The van der Waals surface area contributed by atoms with Gasteiger partial charge in [0.15, 0.2) is 0 Å². The van der Waals surface area contributed by atoms with Crippen LogP contribution in [0.5, 0.6) is 5.75 Å². The topological polar surface area (TPSA) is 62.8 Å². The number of hydrogen-bond acceptors (Lipinski definition) is 4. The summed E-state index contributed by atoms with van der Waals surface area (Å²) in [6.45, 7) is 0. The quantitative estimate of drug-likeness (QED) is 0.731. The molecule has 25 heavy (non-hydrogen) atoms. The van der Waals surface area contributed by atoms with Crippen LogP contribution in [0.15, 0.2) is 55.0 Å². The van der Waals surface area contributed by atoms with E-state index in [-0.39, 0.29) is 5.56 Å². The zero-order chi connectivity index (χ0) is 17.9. The van der Waals surface area contributed by atoms with Crippen molar-refractivity contribution in [2.75, 3.05) is 12.4 Å². The van der Waals surface area contributed by atoms with Crippen molar-refractivity contribution in [2.24, 2.45) is 0 Å². The van der Waals surface area contributed by atoms with Crippen LogP contribution in [0.1, 0.15) is 22.7 Å². The Bertz CT molecular complexity index is 817. The fourth-order valence-electron chi connectivity index (χ4n) is 2.50. The lowest BCUT2D eigenvalue weighted by Crippen LogP contribution is -2.18. The van der Waals surface area contributed by atoms with Gasteiger partial charge in [0.05, 0.1) is 31.1 Å². The molecule has 0 saturated carbocycles. The third kappa shape index (κ3) is 3.73. The van der Waals surface area contributed by atoms with Crippen molar-refractivity contribution in [1.29, 1.82) is 0 Å². The first-order valence-corrected chi connectivity index (χ1v) is 7.40. The highest BCUT2D eigenvalue weighted by molar-refractivity contribution is 5.47. The summed E-state index contributed by atoms with van der Waals surface area (Å²) in [5.41, 5.74) is -0.0504. The molecule has 0 aliphatic rings. The van der Waals surface area contributed by atoms with E-state index < -0.39 is 17.8 Å². The monoisotopic (exact) mass is 348 g/mol. The average Bonchev–Trinajstić information content (AvgIpc) is 3.14. The Hall–Kier alpha value is -3.03. The second-order valence-electron chi connectivity index (χ2n) is 5.28. The molecule has 5 nitrogen and oxygen atoms in total. The van der Waals surface area contributed by atoms with Crippen molar-refractivity contribution in [3.63, 3.8) is 0 Å². The number of rotatable bonds is 5. The van der Waals surface area contributed by atoms with Crippen LogP contribution in [0.2, 0.25) is 0 Å². The van der Waals surface area contributed by atoms with E-state index in [1.807, 2.05) is 0 Å². The summed E-state index contributed by atoms with van der Waals surface area (Å²) >= 11 is 0. The van der Waals surface area contributed by atoms with Crippen molar-refractivity contribution < 1.29 is 17.9 Å². The van der Waals surface area contributed by atoms with Gasteiger partial charge in [-0.1, -0.05) is 18.2 Å². The number of aromatic nitrogens is 3. The maximum Gasteiger partial charge on any atom is 0.416 e. The number of H-pyrrole nitrogens is 1. The van der Waals surface area contributed by atoms with Gasteiger partial charge in [-0.2, -0.15) is 18.3 Å². The van der Waals surface area contributed by atoms with Crippen LogP contribution < -0.4 is 10.1 Å². The molecule has 2 aromatic heterocycles.